The molecule has 5 nitrogen and oxygen atoms in total. The van der Waals surface area contributed by atoms with E-state index < -0.39 is 0 Å². The highest BCUT2D eigenvalue weighted by Gasteiger charge is 2.10. The van der Waals surface area contributed by atoms with Gasteiger partial charge < -0.3 is 9.47 Å². The lowest BCUT2D eigenvalue weighted by atomic mass is 10.2. The van der Waals surface area contributed by atoms with Crippen LogP contribution >= 0.6 is 11.8 Å². The molecule has 0 atom stereocenters. The van der Waals surface area contributed by atoms with Gasteiger partial charge in [-0.1, -0.05) is 41.6 Å². The fourth-order valence-electron chi connectivity index (χ4n) is 2.51. The van der Waals surface area contributed by atoms with E-state index in [0.29, 0.717) is 28.0 Å². The third kappa shape index (κ3) is 3.91. The minimum atomic E-state index is -0.156. The Balaban J connectivity index is 1.87. The Morgan fingerprint density at radius 1 is 1.04 bits per heavy atom. The molecule has 0 aliphatic carbocycles. The maximum atomic E-state index is 12.8. The van der Waals surface area contributed by atoms with Crippen LogP contribution in [0.1, 0.15) is 11.1 Å². The molecule has 3 aromatic rings. The van der Waals surface area contributed by atoms with Crippen molar-refractivity contribution in [3.8, 4) is 17.2 Å². The molecule has 1 aromatic heterocycles. The Morgan fingerprint density at radius 3 is 2.46 bits per heavy atom. The number of ether oxygens (including phenoxy) is 2. The lowest BCUT2D eigenvalue weighted by Crippen LogP contribution is -2.20. The molecule has 0 aliphatic rings. The largest absolute Gasteiger partial charge is 0.493 e. The molecular weight excluding hydrogens is 348 g/mol. The fraction of sp³-hybridized carbons (Fsp3) is 0.200. The summed E-state index contributed by atoms with van der Waals surface area (Å²) in [6.07, 6.45) is 3.29. The smallest absolute Gasteiger partial charge is 0.287 e. The number of hydrogen-bond acceptors (Lipinski definition) is 5. The molecule has 0 saturated heterocycles. The van der Waals surface area contributed by atoms with Crippen molar-refractivity contribution >= 4 is 11.8 Å². The minimum absolute atomic E-state index is 0.156. The van der Waals surface area contributed by atoms with Crippen molar-refractivity contribution in [1.29, 1.82) is 0 Å². The summed E-state index contributed by atoms with van der Waals surface area (Å²) >= 11 is 1.43. The van der Waals surface area contributed by atoms with Crippen LogP contribution in [0, 0.1) is 6.92 Å². The Morgan fingerprint density at radius 2 is 1.77 bits per heavy atom. The number of aryl methyl sites for hydroxylation is 1. The predicted molar refractivity (Wildman–Crippen MR) is 104 cm³/mol. The lowest BCUT2D eigenvalue weighted by molar-refractivity contribution is 0.355. The molecular formula is C20H20N2O3S. The van der Waals surface area contributed by atoms with Gasteiger partial charge in [0.1, 0.15) is 0 Å². The van der Waals surface area contributed by atoms with E-state index in [0.717, 1.165) is 5.56 Å². The second-order valence-electron chi connectivity index (χ2n) is 5.72. The highest BCUT2D eigenvalue weighted by atomic mass is 32.2. The molecule has 0 bridgehead atoms. The van der Waals surface area contributed by atoms with Crippen LogP contribution in [0.4, 0.5) is 0 Å². The molecule has 134 valence electrons. The molecule has 0 amide bonds. The summed E-state index contributed by atoms with van der Waals surface area (Å²) in [4.78, 5) is 17.1. The topological polar surface area (TPSA) is 53.4 Å². The van der Waals surface area contributed by atoms with Gasteiger partial charge in [-0.3, -0.25) is 9.36 Å². The first-order valence-corrected chi connectivity index (χ1v) is 9.09. The van der Waals surface area contributed by atoms with Gasteiger partial charge in [-0.05, 0) is 24.6 Å². The Bertz CT molecular complexity index is 952. The van der Waals surface area contributed by atoms with Crippen molar-refractivity contribution in [2.75, 3.05) is 14.2 Å². The van der Waals surface area contributed by atoms with Crippen LogP contribution in [0.25, 0.3) is 5.69 Å². The van der Waals surface area contributed by atoms with Crippen molar-refractivity contribution in [3.63, 3.8) is 0 Å². The van der Waals surface area contributed by atoms with E-state index in [2.05, 4.69) is 36.2 Å². The van der Waals surface area contributed by atoms with Gasteiger partial charge in [-0.15, -0.1) is 0 Å². The summed E-state index contributed by atoms with van der Waals surface area (Å²) in [6, 6.07) is 13.6. The molecule has 0 fully saturated rings. The van der Waals surface area contributed by atoms with Crippen LogP contribution in [-0.2, 0) is 5.75 Å². The quantitative estimate of drug-likeness (QED) is 0.619. The molecule has 26 heavy (non-hydrogen) atoms. The molecule has 0 unspecified atom stereocenters. The zero-order valence-electron chi connectivity index (χ0n) is 14.9. The van der Waals surface area contributed by atoms with Gasteiger partial charge in [0.05, 0.1) is 19.9 Å². The first-order valence-electron chi connectivity index (χ1n) is 8.11. The van der Waals surface area contributed by atoms with Crippen LogP contribution < -0.4 is 15.0 Å². The van der Waals surface area contributed by atoms with Gasteiger partial charge >= 0.3 is 0 Å². The van der Waals surface area contributed by atoms with Crippen molar-refractivity contribution in [2.45, 2.75) is 17.7 Å². The fourth-order valence-corrected chi connectivity index (χ4v) is 3.36. The average molecular weight is 368 g/mol. The van der Waals surface area contributed by atoms with Crippen LogP contribution in [-0.4, -0.2) is 23.8 Å². The number of methoxy groups -OCH3 is 2. The lowest BCUT2D eigenvalue weighted by Gasteiger charge is -2.11. The van der Waals surface area contributed by atoms with Gasteiger partial charge in [0.2, 0.25) is 0 Å². The first-order chi connectivity index (χ1) is 12.6. The summed E-state index contributed by atoms with van der Waals surface area (Å²) in [5.41, 5.74) is 2.92. The van der Waals surface area contributed by atoms with E-state index in [1.54, 1.807) is 43.3 Å². The molecule has 6 heteroatoms. The normalized spacial score (nSPS) is 10.6. The van der Waals surface area contributed by atoms with Crippen LogP contribution in [0.2, 0.25) is 0 Å². The van der Waals surface area contributed by atoms with Crippen molar-refractivity contribution in [1.82, 2.24) is 9.55 Å². The van der Waals surface area contributed by atoms with Crippen molar-refractivity contribution < 1.29 is 9.47 Å². The third-order valence-corrected chi connectivity index (χ3v) is 4.98. The predicted octanol–water partition coefficient (Wildman–Crippen LogP) is 3.85. The minimum Gasteiger partial charge on any atom is -0.493 e. The molecule has 0 aliphatic heterocycles. The van der Waals surface area contributed by atoms with E-state index in [1.807, 2.05) is 6.07 Å². The van der Waals surface area contributed by atoms with Gasteiger partial charge in [-0.25, -0.2) is 4.98 Å². The summed E-state index contributed by atoms with van der Waals surface area (Å²) in [5.74, 6) is 1.88. The standard InChI is InChI=1S/C20H20N2O3S/c1-14-4-6-15(7-5-14)13-26-19-20(23)22(11-10-21-19)16-8-9-17(24-2)18(12-16)25-3/h4-12H,13H2,1-3H3. The molecule has 2 aromatic carbocycles. The zero-order valence-corrected chi connectivity index (χ0v) is 15.7. The highest BCUT2D eigenvalue weighted by Crippen LogP contribution is 2.28. The molecule has 0 saturated carbocycles. The summed E-state index contributed by atoms with van der Waals surface area (Å²) in [7, 11) is 3.15. The van der Waals surface area contributed by atoms with E-state index in [9.17, 15) is 4.79 Å². The van der Waals surface area contributed by atoms with E-state index in [-0.39, 0.29) is 5.56 Å². The van der Waals surface area contributed by atoms with Crippen molar-refractivity contribution in [3.05, 3.63) is 76.3 Å². The molecule has 0 spiro atoms. The molecule has 0 radical (unpaired) electrons. The second kappa shape index (κ2) is 8.10. The average Bonchev–Trinajstić information content (AvgIpc) is 2.68. The van der Waals surface area contributed by atoms with Gasteiger partial charge in [-0.2, -0.15) is 0 Å². The number of hydrogen-bond donors (Lipinski definition) is 0. The molecule has 3 rings (SSSR count). The van der Waals surface area contributed by atoms with Crippen LogP contribution in [0.5, 0.6) is 11.5 Å². The second-order valence-corrected chi connectivity index (χ2v) is 6.69. The van der Waals surface area contributed by atoms with E-state index in [1.165, 1.54) is 17.3 Å². The molecule has 1 heterocycles. The SMILES string of the molecule is COc1ccc(-n2ccnc(SCc3ccc(C)cc3)c2=O)cc1OC. The van der Waals surface area contributed by atoms with Crippen LogP contribution in [0.15, 0.2) is 64.7 Å². The number of aromatic nitrogens is 2. The first kappa shape index (κ1) is 18.1. The number of rotatable bonds is 6. The van der Waals surface area contributed by atoms with E-state index >= 15 is 0 Å². The van der Waals surface area contributed by atoms with Gasteiger partial charge in [0, 0.05) is 24.2 Å². The summed E-state index contributed by atoms with van der Waals surface area (Å²) in [6.45, 7) is 2.05. The van der Waals surface area contributed by atoms with Crippen LogP contribution in [0.3, 0.4) is 0 Å². The number of nitrogens with zero attached hydrogens (tertiary/aromatic N) is 2. The van der Waals surface area contributed by atoms with Crippen molar-refractivity contribution in [2.24, 2.45) is 0 Å². The Labute approximate surface area is 156 Å². The van der Waals surface area contributed by atoms with E-state index in [4.69, 9.17) is 9.47 Å². The zero-order chi connectivity index (χ0) is 18.5. The third-order valence-electron chi connectivity index (χ3n) is 3.95. The monoisotopic (exact) mass is 368 g/mol. The summed E-state index contributed by atoms with van der Waals surface area (Å²) in [5, 5.41) is 0.461. The summed E-state index contributed by atoms with van der Waals surface area (Å²) < 4.78 is 12.1. The number of thioether (sulfide) groups is 1. The van der Waals surface area contributed by atoms with Gasteiger partial charge in [0.25, 0.3) is 5.56 Å². The highest BCUT2D eigenvalue weighted by molar-refractivity contribution is 7.98. The maximum absolute atomic E-state index is 12.8. The number of benzene rings is 2. The Hall–Kier alpha value is -2.73. The maximum Gasteiger partial charge on any atom is 0.287 e. The molecule has 0 N–H and O–H groups in total. The van der Waals surface area contributed by atoms with Gasteiger partial charge in [0.15, 0.2) is 16.5 Å². The Kier molecular flexibility index (Phi) is 5.63.